The first-order chi connectivity index (χ1) is 9.77. The van der Waals surface area contributed by atoms with Gasteiger partial charge in [-0.05, 0) is 18.6 Å². The van der Waals surface area contributed by atoms with Crippen LogP contribution in [0.1, 0.15) is 96.3 Å². The quantitative estimate of drug-likeness (QED) is 0.277. The summed E-state index contributed by atoms with van der Waals surface area (Å²) < 4.78 is 0. The highest BCUT2D eigenvalue weighted by Gasteiger charge is 1.97. The molecule has 3 heteroatoms. The fourth-order valence-corrected chi connectivity index (χ4v) is 2.73. The molecule has 0 aliphatic heterocycles. The van der Waals surface area contributed by atoms with Gasteiger partial charge in [0, 0.05) is 6.42 Å². The first-order valence-corrected chi connectivity index (χ1v) is 9.23. The highest BCUT2D eigenvalue weighted by atomic mass is 32.1. The highest BCUT2D eigenvalue weighted by Crippen LogP contribution is 2.13. The minimum atomic E-state index is -0.657. The molecule has 0 heterocycles. The van der Waals surface area contributed by atoms with E-state index in [0.29, 0.717) is 6.42 Å². The summed E-state index contributed by atoms with van der Waals surface area (Å²) in [5.41, 5.74) is 0. The molecule has 0 amide bonds. The smallest absolute Gasteiger partial charge is 0.303 e. The second-order valence-corrected chi connectivity index (χ2v) is 6.26. The third-order valence-electron chi connectivity index (χ3n) is 3.80. The maximum Gasteiger partial charge on any atom is 0.303 e. The molecule has 0 bridgehead atoms. The minimum absolute atomic E-state index is 0.341. The molecule has 0 aliphatic carbocycles. The van der Waals surface area contributed by atoms with E-state index >= 15 is 0 Å². The molecule has 0 atom stereocenters. The monoisotopic (exact) mass is 302 g/mol. The average molecular weight is 303 g/mol. The van der Waals surface area contributed by atoms with Crippen molar-refractivity contribution < 1.29 is 9.90 Å². The Hall–Kier alpha value is -0.180. The molecule has 20 heavy (non-hydrogen) atoms. The van der Waals surface area contributed by atoms with Gasteiger partial charge in [0.1, 0.15) is 0 Å². The Kier molecular flexibility index (Phi) is 16.7. The Morgan fingerprint density at radius 3 is 1.20 bits per heavy atom. The second kappa shape index (κ2) is 16.9. The van der Waals surface area contributed by atoms with E-state index in [2.05, 4.69) is 12.6 Å². The molecule has 0 aromatic rings. The summed E-state index contributed by atoms with van der Waals surface area (Å²) in [7, 11) is 0. The summed E-state index contributed by atoms with van der Waals surface area (Å²) in [5, 5.41) is 8.51. The molecule has 0 fully saturated rings. The fourth-order valence-electron chi connectivity index (χ4n) is 2.51. The number of carbonyl (C=O) groups is 1. The highest BCUT2D eigenvalue weighted by molar-refractivity contribution is 7.80. The zero-order valence-corrected chi connectivity index (χ0v) is 14.0. The number of rotatable bonds is 16. The molecule has 0 aromatic heterocycles. The van der Waals surface area contributed by atoms with E-state index in [1.165, 1.54) is 77.0 Å². The van der Waals surface area contributed by atoms with Crippen LogP contribution in [0.5, 0.6) is 0 Å². The van der Waals surface area contributed by atoms with Crippen LogP contribution in [0.3, 0.4) is 0 Å². The van der Waals surface area contributed by atoms with E-state index in [1.54, 1.807) is 0 Å². The Morgan fingerprint density at radius 1 is 0.600 bits per heavy atom. The lowest BCUT2D eigenvalue weighted by Gasteiger charge is -2.03. The molecule has 0 rings (SSSR count). The van der Waals surface area contributed by atoms with Crippen molar-refractivity contribution in [2.75, 3.05) is 5.75 Å². The van der Waals surface area contributed by atoms with Crippen molar-refractivity contribution in [1.29, 1.82) is 0 Å². The van der Waals surface area contributed by atoms with Crippen molar-refractivity contribution in [3.05, 3.63) is 0 Å². The lowest BCUT2D eigenvalue weighted by atomic mass is 10.0. The average Bonchev–Trinajstić information content (AvgIpc) is 2.43. The minimum Gasteiger partial charge on any atom is -0.481 e. The van der Waals surface area contributed by atoms with Gasteiger partial charge in [0.05, 0.1) is 0 Å². The topological polar surface area (TPSA) is 37.3 Å². The number of carboxylic acid groups (broad SMARTS) is 1. The number of hydrogen-bond donors (Lipinski definition) is 2. The van der Waals surface area contributed by atoms with E-state index in [4.69, 9.17) is 5.11 Å². The van der Waals surface area contributed by atoms with Crippen LogP contribution < -0.4 is 0 Å². The molecule has 0 unspecified atom stereocenters. The molecule has 0 spiro atoms. The molecule has 120 valence electrons. The van der Waals surface area contributed by atoms with Gasteiger partial charge in [-0.25, -0.2) is 0 Å². The van der Waals surface area contributed by atoms with E-state index in [9.17, 15) is 4.79 Å². The molecule has 0 aliphatic rings. The van der Waals surface area contributed by atoms with Gasteiger partial charge < -0.3 is 5.11 Å². The van der Waals surface area contributed by atoms with Crippen LogP contribution in [-0.4, -0.2) is 16.8 Å². The van der Waals surface area contributed by atoms with Gasteiger partial charge in [0.25, 0.3) is 0 Å². The van der Waals surface area contributed by atoms with E-state index in [1.807, 2.05) is 0 Å². The van der Waals surface area contributed by atoms with Crippen LogP contribution in [0.25, 0.3) is 0 Å². The van der Waals surface area contributed by atoms with Gasteiger partial charge in [-0.3, -0.25) is 4.79 Å². The van der Waals surface area contributed by atoms with E-state index in [-0.39, 0.29) is 0 Å². The fraction of sp³-hybridized carbons (Fsp3) is 0.941. The maximum absolute atomic E-state index is 10.3. The largest absolute Gasteiger partial charge is 0.481 e. The predicted molar refractivity (Wildman–Crippen MR) is 90.7 cm³/mol. The van der Waals surface area contributed by atoms with E-state index in [0.717, 1.165) is 18.6 Å². The first kappa shape index (κ1) is 19.8. The van der Waals surface area contributed by atoms with Gasteiger partial charge in [-0.2, -0.15) is 12.6 Å². The summed E-state index contributed by atoms with van der Waals surface area (Å²) in [6.07, 6.45) is 18.4. The van der Waals surface area contributed by atoms with E-state index < -0.39 is 5.97 Å². The lowest BCUT2D eigenvalue weighted by molar-refractivity contribution is -0.137. The summed E-state index contributed by atoms with van der Waals surface area (Å²) in [6, 6.07) is 0. The Labute approximate surface area is 131 Å². The maximum atomic E-state index is 10.3. The third kappa shape index (κ3) is 17.8. The Balaban J connectivity index is 2.94. The van der Waals surface area contributed by atoms with Gasteiger partial charge in [-0.1, -0.05) is 77.0 Å². The van der Waals surface area contributed by atoms with Crippen LogP contribution >= 0.6 is 12.6 Å². The van der Waals surface area contributed by atoms with Crippen LogP contribution in [0, 0.1) is 0 Å². The molecule has 0 radical (unpaired) electrons. The summed E-state index contributed by atoms with van der Waals surface area (Å²) in [6.45, 7) is 0. The molecular weight excluding hydrogens is 268 g/mol. The van der Waals surface area contributed by atoms with Crippen LogP contribution in [0.4, 0.5) is 0 Å². The van der Waals surface area contributed by atoms with Crippen molar-refractivity contribution in [3.63, 3.8) is 0 Å². The van der Waals surface area contributed by atoms with Crippen LogP contribution in [0.15, 0.2) is 0 Å². The number of unbranched alkanes of at least 4 members (excludes halogenated alkanes) is 13. The normalized spacial score (nSPS) is 10.8. The summed E-state index contributed by atoms with van der Waals surface area (Å²) >= 11 is 4.22. The lowest BCUT2D eigenvalue weighted by Crippen LogP contribution is -1.93. The zero-order chi connectivity index (χ0) is 14.9. The van der Waals surface area contributed by atoms with Gasteiger partial charge in [0.15, 0.2) is 0 Å². The first-order valence-electron chi connectivity index (χ1n) is 8.60. The molecule has 1 N–H and O–H groups in total. The Morgan fingerprint density at radius 2 is 0.900 bits per heavy atom. The second-order valence-electron chi connectivity index (χ2n) is 5.82. The zero-order valence-electron chi connectivity index (χ0n) is 13.1. The molecular formula is C17H34O2S. The van der Waals surface area contributed by atoms with Gasteiger partial charge in [0.2, 0.25) is 0 Å². The molecule has 0 saturated carbocycles. The van der Waals surface area contributed by atoms with Crippen molar-refractivity contribution in [2.24, 2.45) is 0 Å². The van der Waals surface area contributed by atoms with Crippen molar-refractivity contribution >= 4 is 18.6 Å². The SMILES string of the molecule is O=C(O)CCCCCCCCCCCCCCCCS. The van der Waals surface area contributed by atoms with Crippen LogP contribution in [0.2, 0.25) is 0 Å². The number of hydrogen-bond acceptors (Lipinski definition) is 2. The van der Waals surface area contributed by atoms with Gasteiger partial charge >= 0.3 is 5.97 Å². The summed E-state index contributed by atoms with van der Waals surface area (Å²) in [5.74, 6) is 0.381. The van der Waals surface area contributed by atoms with Crippen molar-refractivity contribution in [1.82, 2.24) is 0 Å². The number of thiol groups is 1. The standard InChI is InChI=1S/C17H34O2S/c18-17(19)15-13-11-9-7-5-3-1-2-4-6-8-10-12-14-16-20/h20H,1-16H2,(H,18,19). The number of carboxylic acids is 1. The summed E-state index contributed by atoms with van der Waals surface area (Å²) in [4.78, 5) is 10.3. The van der Waals surface area contributed by atoms with Crippen LogP contribution in [-0.2, 0) is 4.79 Å². The third-order valence-corrected chi connectivity index (χ3v) is 4.11. The van der Waals surface area contributed by atoms with Crippen molar-refractivity contribution in [3.8, 4) is 0 Å². The molecule has 0 aromatic carbocycles. The molecule has 2 nitrogen and oxygen atoms in total. The number of aliphatic carboxylic acids is 1. The molecule has 0 saturated heterocycles. The van der Waals surface area contributed by atoms with Crippen molar-refractivity contribution in [2.45, 2.75) is 96.3 Å². The van der Waals surface area contributed by atoms with Gasteiger partial charge in [-0.15, -0.1) is 0 Å². The Bertz CT molecular complexity index is 207. The predicted octanol–water partition coefficient (Wildman–Crippen LogP) is 5.85.